The Morgan fingerprint density at radius 2 is 1.83 bits per heavy atom. The molecule has 3 N–H and O–H groups in total. The average molecular weight is 372 g/mol. The molecule has 2 rings (SSSR count). The molecule has 1 atom stereocenters. The van der Waals surface area contributed by atoms with Gasteiger partial charge < -0.3 is 11.1 Å². The van der Waals surface area contributed by atoms with Crippen molar-refractivity contribution in [3.05, 3.63) is 29.8 Å². The number of halogens is 1. The van der Waals surface area contributed by atoms with Gasteiger partial charge in [-0.25, -0.2) is 0 Å². The minimum atomic E-state index is -0.526. The molecule has 0 unspecified atom stereocenters. The summed E-state index contributed by atoms with van der Waals surface area (Å²) in [6.07, 6.45) is 3.19. The Bertz CT molecular complexity index is 579. The number of nitrogens with two attached hydrogens (primary N) is 1. The van der Waals surface area contributed by atoms with E-state index in [1.807, 2.05) is 6.26 Å². The van der Waals surface area contributed by atoms with Gasteiger partial charge in [-0.15, -0.1) is 12.4 Å². The van der Waals surface area contributed by atoms with Crippen molar-refractivity contribution in [3.63, 3.8) is 0 Å². The van der Waals surface area contributed by atoms with Crippen LogP contribution < -0.4 is 11.1 Å². The highest BCUT2D eigenvalue weighted by atomic mass is 35.5. The van der Waals surface area contributed by atoms with Crippen LogP contribution in [0.15, 0.2) is 24.3 Å². The lowest BCUT2D eigenvalue weighted by Gasteiger charge is -2.15. The van der Waals surface area contributed by atoms with Gasteiger partial charge in [-0.05, 0) is 36.1 Å². The van der Waals surface area contributed by atoms with Crippen LogP contribution in [0.3, 0.4) is 0 Å². The standard InChI is InChI=1S/C16H21N3O3S.ClH/c1-23-9-8-13(17)16(22)18-12-4-2-11(3-5-12)10-19-14(20)6-7-15(19)21;/h2-5,13H,6-10,17H2,1H3,(H,18,22);1H/t13-;/m0./s1. The molecular weight excluding hydrogens is 350 g/mol. The van der Waals surface area contributed by atoms with Crippen LogP contribution >= 0.6 is 24.2 Å². The number of nitrogens with one attached hydrogen (secondary N) is 1. The third-order valence-corrected chi connectivity index (χ3v) is 4.33. The first-order valence-corrected chi connectivity index (χ1v) is 8.88. The SMILES string of the molecule is CSCC[C@H](N)C(=O)Nc1ccc(CN2C(=O)CCC2=O)cc1.Cl. The monoisotopic (exact) mass is 371 g/mol. The minimum Gasteiger partial charge on any atom is -0.325 e. The third-order valence-electron chi connectivity index (χ3n) is 3.69. The van der Waals surface area contributed by atoms with E-state index < -0.39 is 6.04 Å². The molecule has 0 saturated carbocycles. The second kappa shape index (κ2) is 9.66. The minimum absolute atomic E-state index is 0. The van der Waals surface area contributed by atoms with Gasteiger partial charge >= 0.3 is 0 Å². The smallest absolute Gasteiger partial charge is 0.241 e. The number of anilines is 1. The van der Waals surface area contributed by atoms with Gasteiger partial charge in [-0.3, -0.25) is 19.3 Å². The Hall–Kier alpha value is -1.57. The molecule has 0 aliphatic carbocycles. The second-order valence-electron chi connectivity index (χ2n) is 5.45. The number of likely N-dealkylation sites (tertiary alicyclic amines) is 1. The highest BCUT2D eigenvalue weighted by molar-refractivity contribution is 7.98. The van der Waals surface area contributed by atoms with E-state index >= 15 is 0 Å². The summed E-state index contributed by atoms with van der Waals surface area (Å²) in [7, 11) is 0. The highest BCUT2D eigenvalue weighted by Crippen LogP contribution is 2.17. The number of carbonyl (C=O) groups is 3. The third kappa shape index (κ3) is 5.51. The second-order valence-corrected chi connectivity index (χ2v) is 6.43. The first kappa shape index (κ1) is 20.5. The lowest BCUT2D eigenvalue weighted by molar-refractivity contribution is -0.139. The number of thioether (sulfide) groups is 1. The molecule has 3 amide bonds. The molecule has 1 aliphatic rings. The molecule has 1 aromatic rings. The maximum absolute atomic E-state index is 11.9. The van der Waals surface area contributed by atoms with Crippen molar-refractivity contribution < 1.29 is 14.4 Å². The Kier molecular flexibility index (Phi) is 8.24. The molecule has 1 heterocycles. The predicted octanol–water partition coefficient (Wildman–Crippen LogP) is 1.78. The van der Waals surface area contributed by atoms with Crippen LogP contribution in [0, 0.1) is 0 Å². The molecule has 24 heavy (non-hydrogen) atoms. The zero-order chi connectivity index (χ0) is 16.8. The van der Waals surface area contributed by atoms with Crippen LogP contribution in [0.25, 0.3) is 0 Å². The Balaban J connectivity index is 0.00000288. The Morgan fingerprint density at radius 1 is 1.25 bits per heavy atom. The summed E-state index contributed by atoms with van der Waals surface area (Å²) in [4.78, 5) is 36.4. The van der Waals surface area contributed by atoms with Crippen molar-refractivity contribution in [1.82, 2.24) is 4.90 Å². The molecule has 1 fully saturated rings. The molecule has 0 spiro atoms. The molecule has 1 aromatic carbocycles. The van der Waals surface area contributed by atoms with Gasteiger partial charge in [0.25, 0.3) is 0 Å². The summed E-state index contributed by atoms with van der Waals surface area (Å²) < 4.78 is 0. The molecule has 8 heteroatoms. The maximum Gasteiger partial charge on any atom is 0.241 e. The fraction of sp³-hybridized carbons (Fsp3) is 0.438. The molecule has 132 valence electrons. The van der Waals surface area contributed by atoms with Crippen LogP contribution in [0.5, 0.6) is 0 Å². The maximum atomic E-state index is 11.9. The Morgan fingerprint density at radius 3 is 2.38 bits per heavy atom. The van der Waals surface area contributed by atoms with Gasteiger partial charge in [0.1, 0.15) is 0 Å². The molecular formula is C16H22ClN3O3S. The summed E-state index contributed by atoms with van der Waals surface area (Å²) in [6, 6.07) is 6.56. The van der Waals surface area contributed by atoms with Gasteiger partial charge in [0.15, 0.2) is 0 Å². The molecule has 1 saturated heterocycles. The summed E-state index contributed by atoms with van der Waals surface area (Å²) in [5.41, 5.74) is 7.31. The number of amides is 3. The van der Waals surface area contributed by atoms with Gasteiger partial charge in [0, 0.05) is 18.5 Å². The van der Waals surface area contributed by atoms with Crippen LogP contribution in [-0.2, 0) is 20.9 Å². The van der Waals surface area contributed by atoms with E-state index in [1.54, 1.807) is 36.0 Å². The van der Waals surface area contributed by atoms with Gasteiger partial charge in [-0.1, -0.05) is 12.1 Å². The first-order valence-electron chi connectivity index (χ1n) is 7.49. The van der Waals surface area contributed by atoms with E-state index in [-0.39, 0.29) is 36.7 Å². The van der Waals surface area contributed by atoms with Crippen LogP contribution in [0.4, 0.5) is 5.69 Å². The average Bonchev–Trinajstić information content (AvgIpc) is 2.86. The quantitative estimate of drug-likeness (QED) is 0.712. The topological polar surface area (TPSA) is 92.5 Å². The number of carbonyl (C=O) groups excluding carboxylic acids is 3. The van der Waals surface area contributed by atoms with Crippen molar-refractivity contribution in [2.24, 2.45) is 5.73 Å². The number of imide groups is 1. The van der Waals surface area contributed by atoms with Crippen molar-refractivity contribution in [1.29, 1.82) is 0 Å². The van der Waals surface area contributed by atoms with Crippen molar-refractivity contribution in [2.45, 2.75) is 31.8 Å². The zero-order valence-corrected chi connectivity index (χ0v) is 15.1. The fourth-order valence-electron chi connectivity index (χ4n) is 2.29. The van der Waals surface area contributed by atoms with Crippen LogP contribution in [0.1, 0.15) is 24.8 Å². The molecule has 0 aromatic heterocycles. The van der Waals surface area contributed by atoms with E-state index in [1.165, 1.54) is 4.90 Å². The number of rotatable bonds is 7. The van der Waals surface area contributed by atoms with Crippen molar-refractivity contribution in [2.75, 3.05) is 17.3 Å². The lowest BCUT2D eigenvalue weighted by atomic mass is 10.1. The number of hydrogen-bond donors (Lipinski definition) is 2. The van der Waals surface area contributed by atoms with Gasteiger partial charge in [0.05, 0.1) is 12.6 Å². The number of nitrogens with zero attached hydrogens (tertiary/aromatic N) is 1. The molecule has 6 nitrogen and oxygen atoms in total. The largest absolute Gasteiger partial charge is 0.325 e. The normalized spacial score (nSPS) is 15.2. The molecule has 0 radical (unpaired) electrons. The van der Waals surface area contributed by atoms with Crippen LogP contribution in [-0.4, -0.2) is 40.7 Å². The summed E-state index contributed by atoms with van der Waals surface area (Å²) in [5, 5.41) is 2.77. The number of hydrogen-bond acceptors (Lipinski definition) is 5. The van der Waals surface area contributed by atoms with E-state index in [0.29, 0.717) is 24.9 Å². The zero-order valence-electron chi connectivity index (χ0n) is 13.5. The van der Waals surface area contributed by atoms with Crippen LogP contribution in [0.2, 0.25) is 0 Å². The summed E-state index contributed by atoms with van der Waals surface area (Å²) in [6.45, 7) is 0.277. The molecule has 1 aliphatic heterocycles. The molecule has 0 bridgehead atoms. The Labute approximate surface area is 151 Å². The lowest BCUT2D eigenvalue weighted by Crippen LogP contribution is -2.36. The fourth-order valence-corrected chi connectivity index (χ4v) is 2.78. The highest BCUT2D eigenvalue weighted by Gasteiger charge is 2.28. The van der Waals surface area contributed by atoms with Gasteiger partial charge in [-0.2, -0.15) is 11.8 Å². The van der Waals surface area contributed by atoms with E-state index in [0.717, 1.165) is 11.3 Å². The van der Waals surface area contributed by atoms with E-state index in [2.05, 4.69) is 5.32 Å². The predicted molar refractivity (Wildman–Crippen MR) is 98.1 cm³/mol. The first-order chi connectivity index (χ1) is 11.0. The van der Waals surface area contributed by atoms with Crippen molar-refractivity contribution >= 4 is 47.6 Å². The van der Waals surface area contributed by atoms with E-state index in [9.17, 15) is 14.4 Å². The van der Waals surface area contributed by atoms with E-state index in [4.69, 9.17) is 5.73 Å². The van der Waals surface area contributed by atoms with Crippen molar-refractivity contribution in [3.8, 4) is 0 Å². The summed E-state index contributed by atoms with van der Waals surface area (Å²) >= 11 is 1.65. The summed E-state index contributed by atoms with van der Waals surface area (Å²) in [5.74, 6) is 0.363. The number of benzene rings is 1. The van der Waals surface area contributed by atoms with Gasteiger partial charge in [0.2, 0.25) is 17.7 Å².